The first-order valence-electron chi connectivity index (χ1n) is 11.6. The number of rotatable bonds is 6. The molecule has 1 aliphatic heterocycles. The van der Waals surface area contributed by atoms with Gasteiger partial charge in [-0.05, 0) is 72.6 Å². The van der Waals surface area contributed by atoms with Crippen molar-refractivity contribution in [2.45, 2.75) is 13.0 Å². The molecule has 0 saturated carbocycles. The van der Waals surface area contributed by atoms with Crippen LogP contribution in [-0.2, 0) is 14.3 Å². The van der Waals surface area contributed by atoms with E-state index in [1.54, 1.807) is 44.4 Å². The predicted octanol–water partition coefficient (Wildman–Crippen LogP) is 4.48. The molecule has 0 radical (unpaired) electrons. The van der Waals surface area contributed by atoms with Gasteiger partial charge in [0.05, 0.1) is 31.4 Å². The third-order valence-electron chi connectivity index (χ3n) is 6.42. The molecule has 8 heteroatoms. The molecule has 37 heavy (non-hydrogen) atoms. The molecule has 0 aliphatic carbocycles. The first-order chi connectivity index (χ1) is 17.7. The van der Waals surface area contributed by atoms with Gasteiger partial charge in [-0.25, -0.2) is 4.79 Å². The smallest absolute Gasteiger partial charge is 0.337 e. The Morgan fingerprint density at radius 3 is 2.14 bits per heavy atom. The van der Waals surface area contributed by atoms with Gasteiger partial charge in [0.15, 0.2) is 0 Å². The number of benzene rings is 3. The Balaban J connectivity index is 1.90. The van der Waals surface area contributed by atoms with E-state index in [-0.39, 0.29) is 11.3 Å². The Kier molecular flexibility index (Phi) is 7.02. The van der Waals surface area contributed by atoms with Gasteiger partial charge in [0.2, 0.25) is 0 Å². The third kappa shape index (κ3) is 4.65. The van der Waals surface area contributed by atoms with E-state index in [0.29, 0.717) is 33.7 Å². The zero-order valence-electron chi connectivity index (χ0n) is 21.3. The highest BCUT2D eigenvalue weighted by molar-refractivity contribution is 6.51. The number of anilines is 2. The van der Waals surface area contributed by atoms with Crippen molar-refractivity contribution in [3.63, 3.8) is 0 Å². The molecule has 1 saturated heterocycles. The largest absolute Gasteiger partial charge is 0.507 e. The van der Waals surface area contributed by atoms with Crippen LogP contribution in [0.15, 0.2) is 72.3 Å². The highest BCUT2D eigenvalue weighted by Gasteiger charge is 2.47. The normalized spacial score (nSPS) is 16.6. The molecule has 0 spiro atoms. The minimum Gasteiger partial charge on any atom is -0.507 e. The summed E-state index contributed by atoms with van der Waals surface area (Å²) in [5, 5.41) is 11.4. The number of nitrogens with zero attached hydrogens (tertiary/aromatic N) is 2. The van der Waals surface area contributed by atoms with E-state index >= 15 is 0 Å². The van der Waals surface area contributed by atoms with Crippen LogP contribution in [0.25, 0.3) is 5.76 Å². The second-order valence-electron chi connectivity index (χ2n) is 8.87. The Hall–Kier alpha value is -4.59. The van der Waals surface area contributed by atoms with Crippen molar-refractivity contribution in [2.75, 3.05) is 38.1 Å². The summed E-state index contributed by atoms with van der Waals surface area (Å²) in [6, 6.07) is 17.8. The average molecular weight is 501 g/mol. The Bertz CT molecular complexity index is 1390. The number of hydrogen-bond donors (Lipinski definition) is 1. The minimum absolute atomic E-state index is 0.0204. The third-order valence-corrected chi connectivity index (χ3v) is 6.42. The van der Waals surface area contributed by atoms with Crippen LogP contribution in [0.1, 0.15) is 33.1 Å². The summed E-state index contributed by atoms with van der Waals surface area (Å²) in [6.45, 7) is 1.79. The topological polar surface area (TPSA) is 96.4 Å². The standard InChI is InChI=1S/C29H28N2O6/c1-17-16-22(36-4)14-15-23(17)26(32)24-25(18-6-10-20(11-7-18)30(2)3)31(28(34)27(24)33)21-12-8-19(9-13-21)29(35)37-5/h6-16,25,32H,1-5H3/b26-24-. The lowest BCUT2D eigenvalue weighted by atomic mass is 9.93. The van der Waals surface area contributed by atoms with Crippen LogP contribution in [0.5, 0.6) is 5.75 Å². The maximum atomic E-state index is 13.4. The molecule has 190 valence electrons. The van der Waals surface area contributed by atoms with Gasteiger partial charge in [0.25, 0.3) is 11.7 Å². The Morgan fingerprint density at radius 2 is 1.59 bits per heavy atom. The molecule has 1 aliphatic rings. The van der Waals surface area contributed by atoms with Crippen LogP contribution in [0.3, 0.4) is 0 Å². The van der Waals surface area contributed by atoms with Crippen molar-refractivity contribution in [3.05, 3.63) is 94.6 Å². The van der Waals surface area contributed by atoms with Gasteiger partial charge < -0.3 is 19.5 Å². The number of carbonyl (C=O) groups excluding carboxylic acids is 3. The molecule has 1 unspecified atom stereocenters. The first kappa shape index (κ1) is 25.5. The molecule has 1 fully saturated rings. The minimum atomic E-state index is -0.887. The SMILES string of the molecule is COC(=O)c1ccc(N2C(=O)C(=O)/C(=C(\O)c3ccc(OC)cc3C)C2c2ccc(N(C)C)cc2)cc1. The van der Waals surface area contributed by atoms with E-state index in [4.69, 9.17) is 9.47 Å². The number of ether oxygens (including phenoxy) is 2. The van der Waals surface area contributed by atoms with Crippen molar-refractivity contribution in [1.82, 2.24) is 0 Å². The van der Waals surface area contributed by atoms with Crippen molar-refractivity contribution in [1.29, 1.82) is 0 Å². The van der Waals surface area contributed by atoms with Gasteiger partial charge in [-0.15, -0.1) is 0 Å². The first-order valence-corrected chi connectivity index (χ1v) is 11.6. The average Bonchev–Trinajstić information content (AvgIpc) is 3.17. The molecule has 4 rings (SSSR count). The van der Waals surface area contributed by atoms with Crippen LogP contribution in [0.4, 0.5) is 11.4 Å². The van der Waals surface area contributed by atoms with Crippen molar-refractivity contribution in [2.24, 2.45) is 0 Å². The lowest BCUT2D eigenvalue weighted by Gasteiger charge is -2.26. The summed E-state index contributed by atoms with van der Waals surface area (Å²) in [5.74, 6) is -1.75. The van der Waals surface area contributed by atoms with Crippen molar-refractivity contribution >= 4 is 34.8 Å². The Labute approximate surface area is 215 Å². The summed E-state index contributed by atoms with van der Waals surface area (Å²) in [7, 11) is 6.66. The number of amides is 1. The number of aryl methyl sites for hydroxylation is 1. The summed E-state index contributed by atoms with van der Waals surface area (Å²) < 4.78 is 10.0. The molecular weight excluding hydrogens is 472 g/mol. The molecule has 0 bridgehead atoms. The van der Waals surface area contributed by atoms with Gasteiger partial charge >= 0.3 is 5.97 Å². The summed E-state index contributed by atoms with van der Waals surface area (Å²) in [4.78, 5) is 42.0. The Morgan fingerprint density at radius 1 is 0.946 bits per heavy atom. The zero-order valence-corrected chi connectivity index (χ0v) is 21.3. The quantitative estimate of drug-likeness (QED) is 0.231. The highest BCUT2D eigenvalue weighted by Crippen LogP contribution is 2.43. The molecule has 8 nitrogen and oxygen atoms in total. The fraction of sp³-hybridized carbons (Fsp3) is 0.207. The van der Waals surface area contributed by atoms with Gasteiger partial charge in [0.1, 0.15) is 11.5 Å². The number of aliphatic hydroxyl groups is 1. The number of ketones is 1. The second-order valence-corrected chi connectivity index (χ2v) is 8.87. The number of esters is 1. The molecule has 3 aromatic carbocycles. The maximum Gasteiger partial charge on any atom is 0.337 e. The van der Waals surface area contributed by atoms with Crippen LogP contribution < -0.4 is 14.5 Å². The fourth-order valence-corrected chi connectivity index (χ4v) is 4.42. The number of methoxy groups -OCH3 is 2. The van der Waals surface area contributed by atoms with Gasteiger partial charge in [0, 0.05) is 31.0 Å². The molecule has 3 aromatic rings. The van der Waals surface area contributed by atoms with E-state index in [1.165, 1.54) is 24.1 Å². The van der Waals surface area contributed by atoms with Crippen molar-refractivity contribution in [3.8, 4) is 5.75 Å². The van der Waals surface area contributed by atoms with E-state index in [0.717, 1.165) is 5.69 Å². The van der Waals surface area contributed by atoms with E-state index in [9.17, 15) is 19.5 Å². The second kappa shape index (κ2) is 10.2. The molecule has 1 amide bonds. The predicted molar refractivity (Wildman–Crippen MR) is 141 cm³/mol. The van der Waals surface area contributed by atoms with Gasteiger partial charge in [-0.1, -0.05) is 12.1 Å². The van der Waals surface area contributed by atoms with E-state index < -0.39 is 23.7 Å². The molecule has 1 heterocycles. The van der Waals surface area contributed by atoms with Gasteiger partial charge in [-0.3, -0.25) is 14.5 Å². The molecular formula is C29H28N2O6. The van der Waals surface area contributed by atoms with Crippen molar-refractivity contribution < 1.29 is 29.0 Å². The number of carbonyl (C=O) groups is 3. The van der Waals surface area contributed by atoms with Crippen LogP contribution >= 0.6 is 0 Å². The summed E-state index contributed by atoms with van der Waals surface area (Å²) in [6.07, 6.45) is 0. The van der Waals surface area contributed by atoms with Crippen LogP contribution in [-0.4, -0.2) is 51.1 Å². The number of aliphatic hydroxyl groups excluding tert-OH is 1. The number of Topliss-reactive ketones (excluding diaryl/α,β-unsaturated/α-hetero) is 1. The van der Waals surface area contributed by atoms with Crippen LogP contribution in [0.2, 0.25) is 0 Å². The lowest BCUT2D eigenvalue weighted by Crippen LogP contribution is -2.29. The zero-order chi connectivity index (χ0) is 26.9. The maximum absolute atomic E-state index is 13.4. The number of hydrogen-bond acceptors (Lipinski definition) is 7. The summed E-state index contributed by atoms with van der Waals surface area (Å²) >= 11 is 0. The summed E-state index contributed by atoms with van der Waals surface area (Å²) in [5.41, 5.74) is 3.39. The highest BCUT2D eigenvalue weighted by atomic mass is 16.5. The van der Waals surface area contributed by atoms with E-state index in [2.05, 4.69) is 0 Å². The molecule has 1 atom stereocenters. The lowest BCUT2D eigenvalue weighted by molar-refractivity contribution is -0.132. The molecule has 0 aromatic heterocycles. The molecule has 1 N–H and O–H groups in total. The van der Waals surface area contributed by atoms with Gasteiger partial charge in [-0.2, -0.15) is 0 Å². The monoisotopic (exact) mass is 500 g/mol. The fourth-order valence-electron chi connectivity index (χ4n) is 4.42. The van der Waals surface area contributed by atoms with Crippen LogP contribution in [0, 0.1) is 6.92 Å². The van der Waals surface area contributed by atoms with E-state index in [1.807, 2.05) is 43.3 Å².